The smallest absolute Gasteiger partial charge is 0.351 e. The Morgan fingerprint density at radius 3 is 2.48 bits per heavy atom. The molecule has 1 aliphatic heterocycles. The molecule has 1 heterocycles. The van der Waals surface area contributed by atoms with E-state index in [9.17, 15) is 9.59 Å². The molecule has 1 atom stereocenters. The SMILES string of the molecule is O=C1O[C@H](CC(=O)c2ccc3ccccc3c2)C(Cl)=C1Cl. The van der Waals surface area contributed by atoms with Crippen LogP contribution in [0.4, 0.5) is 0 Å². The summed E-state index contributed by atoms with van der Waals surface area (Å²) in [5, 5.41) is 1.98. The van der Waals surface area contributed by atoms with E-state index in [4.69, 9.17) is 27.9 Å². The lowest BCUT2D eigenvalue weighted by Gasteiger charge is -2.09. The summed E-state index contributed by atoms with van der Waals surface area (Å²) >= 11 is 11.6. The molecule has 0 spiro atoms. The van der Waals surface area contributed by atoms with Crippen molar-refractivity contribution in [1.29, 1.82) is 0 Å². The fourth-order valence-electron chi connectivity index (χ4n) is 2.25. The van der Waals surface area contributed by atoms with Crippen LogP contribution in [0.3, 0.4) is 0 Å². The Morgan fingerprint density at radius 2 is 1.81 bits per heavy atom. The summed E-state index contributed by atoms with van der Waals surface area (Å²) < 4.78 is 4.97. The second-order valence-electron chi connectivity index (χ2n) is 4.75. The highest BCUT2D eigenvalue weighted by Gasteiger charge is 2.33. The number of carbonyl (C=O) groups is 2. The number of hydrogen-bond donors (Lipinski definition) is 0. The molecule has 2 aromatic rings. The first-order valence-corrected chi connectivity index (χ1v) is 7.10. The number of ketones is 1. The van der Waals surface area contributed by atoms with Gasteiger partial charge < -0.3 is 4.74 Å². The summed E-state index contributed by atoms with van der Waals surface area (Å²) in [5.41, 5.74) is 0.553. The Morgan fingerprint density at radius 1 is 1.10 bits per heavy atom. The van der Waals surface area contributed by atoms with Crippen molar-refractivity contribution in [2.45, 2.75) is 12.5 Å². The standard InChI is InChI=1S/C16H10Cl2O3/c17-14-13(21-16(20)15(14)18)8-12(19)11-6-5-9-3-1-2-4-10(9)7-11/h1-7,13H,8H2/t13-/m1/s1. The van der Waals surface area contributed by atoms with Crippen molar-refractivity contribution >= 4 is 45.7 Å². The highest BCUT2D eigenvalue weighted by Crippen LogP contribution is 2.31. The zero-order valence-electron chi connectivity index (χ0n) is 10.8. The molecule has 0 bridgehead atoms. The van der Waals surface area contributed by atoms with Crippen molar-refractivity contribution < 1.29 is 14.3 Å². The lowest BCUT2D eigenvalue weighted by atomic mass is 10.0. The van der Waals surface area contributed by atoms with E-state index in [0.717, 1.165) is 10.8 Å². The Bertz CT molecular complexity index is 780. The van der Waals surface area contributed by atoms with Crippen molar-refractivity contribution in [3.63, 3.8) is 0 Å². The van der Waals surface area contributed by atoms with E-state index in [-0.39, 0.29) is 22.3 Å². The van der Waals surface area contributed by atoms with Crippen LogP contribution in [0.25, 0.3) is 10.8 Å². The van der Waals surface area contributed by atoms with E-state index in [1.54, 1.807) is 6.07 Å². The molecular formula is C16H10Cl2O3. The van der Waals surface area contributed by atoms with Crippen LogP contribution in [-0.2, 0) is 9.53 Å². The van der Waals surface area contributed by atoms with Crippen molar-refractivity contribution in [1.82, 2.24) is 0 Å². The van der Waals surface area contributed by atoms with E-state index < -0.39 is 12.1 Å². The molecule has 3 rings (SSSR count). The van der Waals surface area contributed by atoms with Gasteiger partial charge in [-0.3, -0.25) is 4.79 Å². The van der Waals surface area contributed by atoms with Crippen molar-refractivity contribution in [3.8, 4) is 0 Å². The first-order chi connectivity index (χ1) is 10.1. The highest BCUT2D eigenvalue weighted by atomic mass is 35.5. The lowest BCUT2D eigenvalue weighted by Crippen LogP contribution is -2.15. The van der Waals surface area contributed by atoms with Gasteiger partial charge >= 0.3 is 5.97 Å². The number of esters is 1. The maximum Gasteiger partial charge on any atom is 0.351 e. The van der Waals surface area contributed by atoms with Gasteiger partial charge in [0.05, 0.1) is 11.5 Å². The third-order valence-corrected chi connectivity index (χ3v) is 4.25. The lowest BCUT2D eigenvalue weighted by molar-refractivity contribution is -0.138. The summed E-state index contributed by atoms with van der Waals surface area (Å²) in [4.78, 5) is 23.6. The second kappa shape index (κ2) is 5.51. The van der Waals surface area contributed by atoms with Gasteiger partial charge in [-0.1, -0.05) is 59.6 Å². The van der Waals surface area contributed by atoms with Crippen molar-refractivity contribution in [3.05, 3.63) is 58.1 Å². The molecule has 106 valence electrons. The fraction of sp³-hybridized carbons (Fsp3) is 0.125. The molecule has 2 aromatic carbocycles. The maximum atomic E-state index is 12.3. The van der Waals surface area contributed by atoms with Gasteiger partial charge in [-0.15, -0.1) is 0 Å². The largest absolute Gasteiger partial charge is 0.452 e. The Labute approximate surface area is 131 Å². The summed E-state index contributed by atoms with van der Waals surface area (Å²) in [5.74, 6) is -0.832. The van der Waals surface area contributed by atoms with Crippen LogP contribution in [0.2, 0.25) is 0 Å². The van der Waals surface area contributed by atoms with Crippen LogP contribution in [0.15, 0.2) is 52.5 Å². The summed E-state index contributed by atoms with van der Waals surface area (Å²) in [7, 11) is 0. The molecular weight excluding hydrogens is 311 g/mol. The number of hydrogen-bond acceptors (Lipinski definition) is 3. The normalized spacial score (nSPS) is 18.2. The number of cyclic esters (lactones) is 1. The summed E-state index contributed by atoms with van der Waals surface area (Å²) in [6, 6.07) is 13.2. The third-order valence-electron chi connectivity index (χ3n) is 3.36. The van der Waals surface area contributed by atoms with E-state index in [2.05, 4.69) is 0 Å². The Kier molecular flexibility index (Phi) is 3.70. The summed E-state index contributed by atoms with van der Waals surface area (Å²) in [6.45, 7) is 0. The van der Waals surface area contributed by atoms with Crippen LogP contribution in [0, 0.1) is 0 Å². The summed E-state index contributed by atoms with van der Waals surface area (Å²) in [6.07, 6.45) is -0.801. The fourth-order valence-corrected chi connectivity index (χ4v) is 2.62. The van der Waals surface area contributed by atoms with Crippen molar-refractivity contribution in [2.24, 2.45) is 0 Å². The van der Waals surface area contributed by atoms with E-state index in [0.29, 0.717) is 5.56 Å². The maximum absolute atomic E-state index is 12.3. The van der Waals surface area contributed by atoms with Gasteiger partial charge in [0.15, 0.2) is 5.78 Å². The molecule has 0 radical (unpaired) electrons. The van der Waals surface area contributed by atoms with E-state index in [1.807, 2.05) is 36.4 Å². The molecule has 5 heteroatoms. The van der Waals surface area contributed by atoms with Gasteiger partial charge in [0.2, 0.25) is 0 Å². The molecule has 0 aliphatic carbocycles. The van der Waals surface area contributed by atoms with Crippen LogP contribution in [0.5, 0.6) is 0 Å². The molecule has 0 saturated carbocycles. The molecule has 0 aromatic heterocycles. The van der Waals surface area contributed by atoms with Crippen LogP contribution >= 0.6 is 23.2 Å². The van der Waals surface area contributed by atoms with Crippen molar-refractivity contribution in [2.75, 3.05) is 0 Å². The monoisotopic (exact) mass is 320 g/mol. The molecule has 0 saturated heterocycles. The molecule has 0 N–H and O–H groups in total. The Hall–Kier alpha value is -1.84. The van der Waals surface area contributed by atoms with Crippen LogP contribution in [-0.4, -0.2) is 17.9 Å². The van der Waals surface area contributed by atoms with Gasteiger partial charge in [0, 0.05) is 5.56 Å². The van der Waals surface area contributed by atoms with Gasteiger partial charge in [0.25, 0.3) is 0 Å². The molecule has 1 aliphatic rings. The molecule has 0 unspecified atom stereocenters. The molecule has 3 nitrogen and oxygen atoms in total. The average molecular weight is 321 g/mol. The zero-order chi connectivity index (χ0) is 15.0. The van der Waals surface area contributed by atoms with Gasteiger partial charge in [-0.2, -0.15) is 0 Å². The molecule has 0 fully saturated rings. The molecule has 21 heavy (non-hydrogen) atoms. The number of halogens is 2. The number of carbonyl (C=O) groups excluding carboxylic acids is 2. The van der Waals surface area contributed by atoms with Gasteiger partial charge in [0.1, 0.15) is 11.1 Å². The van der Waals surface area contributed by atoms with Crippen LogP contribution < -0.4 is 0 Å². The third kappa shape index (κ3) is 2.67. The highest BCUT2D eigenvalue weighted by molar-refractivity contribution is 6.48. The predicted octanol–water partition coefficient (Wildman–Crippen LogP) is 4.03. The number of Topliss-reactive ketones (excluding diaryl/α,β-unsaturated/α-hetero) is 1. The number of rotatable bonds is 3. The minimum atomic E-state index is -0.786. The second-order valence-corrected chi connectivity index (χ2v) is 5.53. The number of ether oxygens (including phenoxy) is 1. The number of fused-ring (bicyclic) bond motifs is 1. The molecule has 0 amide bonds. The topological polar surface area (TPSA) is 43.4 Å². The minimum absolute atomic E-state index is 0.0147. The minimum Gasteiger partial charge on any atom is -0.452 e. The van der Waals surface area contributed by atoms with Gasteiger partial charge in [-0.05, 0) is 16.8 Å². The van der Waals surface area contributed by atoms with Crippen LogP contribution in [0.1, 0.15) is 16.8 Å². The Balaban J connectivity index is 1.83. The number of benzene rings is 2. The first-order valence-electron chi connectivity index (χ1n) is 6.34. The zero-order valence-corrected chi connectivity index (χ0v) is 12.3. The first kappa shape index (κ1) is 14.1. The van der Waals surface area contributed by atoms with E-state index in [1.165, 1.54) is 0 Å². The van der Waals surface area contributed by atoms with E-state index >= 15 is 0 Å². The quantitative estimate of drug-likeness (QED) is 0.633. The predicted molar refractivity (Wildman–Crippen MR) is 81.5 cm³/mol. The van der Waals surface area contributed by atoms with Gasteiger partial charge in [-0.25, -0.2) is 4.79 Å². The average Bonchev–Trinajstić information content (AvgIpc) is 2.74.